The molecule has 0 aromatic rings. The molecule has 0 fully saturated rings. The van der Waals surface area contributed by atoms with E-state index < -0.39 is 12.3 Å². The van der Waals surface area contributed by atoms with Crippen LogP contribution in [0.3, 0.4) is 0 Å². The summed E-state index contributed by atoms with van der Waals surface area (Å²) < 4.78 is 26.5. The molecule has 0 aromatic carbocycles. The molecule has 0 bridgehead atoms. The molecule has 9 nitrogen and oxygen atoms in total. The molecule has 0 aliphatic heterocycles. The van der Waals surface area contributed by atoms with Crippen LogP contribution in [-0.2, 0) is 28.5 Å². The largest absolute Gasteiger partial charge is 0.508 e. The molecule has 304 valence electrons. The molecule has 0 N–H and O–H groups in total. The first-order valence-electron chi connectivity index (χ1n) is 21.1. The van der Waals surface area contributed by atoms with Gasteiger partial charge in [-0.25, -0.2) is 9.59 Å². The highest BCUT2D eigenvalue weighted by atomic mass is 16.7. The first kappa shape index (κ1) is 49.5. The van der Waals surface area contributed by atoms with Gasteiger partial charge in [0, 0.05) is 6.42 Å². The fourth-order valence-corrected chi connectivity index (χ4v) is 5.79. The average Bonchev–Trinajstić information content (AvgIpc) is 3.12. The lowest BCUT2D eigenvalue weighted by Gasteiger charge is -2.18. The summed E-state index contributed by atoms with van der Waals surface area (Å²) in [4.78, 5) is 38.1. The van der Waals surface area contributed by atoms with Gasteiger partial charge in [0.15, 0.2) is 0 Å². The number of rotatable bonds is 37. The summed E-state index contributed by atoms with van der Waals surface area (Å²) >= 11 is 0. The molecule has 0 spiro atoms. The van der Waals surface area contributed by atoms with Gasteiger partial charge >= 0.3 is 18.3 Å². The van der Waals surface area contributed by atoms with Crippen molar-refractivity contribution in [2.24, 2.45) is 0 Å². The lowest BCUT2D eigenvalue weighted by Crippen LogP contribution is -2.20. The van der Waals surface area contributed by atoms with Crippen molar-refractivity contribution in [1.82, 2.24) is 4.90 Å². The van der Waals surface area contributed by atoms with Gasteiger partial charge in [0.1, 0.15) is 19.3 Å². The number of unbranched alkanes of at least 4 members (excludes halogenated alkanes) is 18. The Morgan fingerprint density at radius 3 is 1.37 bits per heavy atom. The van der Waals surface area contributed by atoms with E-state index in [2.05, 4.69) is 30.9 Å². The van der Waals surface area contributed by atoms with Gasteiger partial charge < -0.3 is 28.6 Å². The van der Waals surface area contributed by atoms with Gasteiger partial charge in [0.2, 0.25) is 0 Å². The van der Waals surface area contributed by atoms with Crippen LogP contribution in [0.25, 0.3) is 0 Å². The quantitative estimate of drug-likeness (QED) is 0.0267. The van der Waals surface area contributed by atoms with Crippen molar-refractivity contribution in [2.45, 2.75) is 187 Å². The van der Waals surface area contributed by atoms with Crippen LogP contribution in [0.2, 0.25) is 0 Å². The summed E-state index contributed by atoms with van der Waals surface area (Å²) in [5.41, 5.74) is 0. The number of ether oxygens (including phenoxy) is 5. The Bertz CT molecular complexity index is 819. The predicted octanol–water partition coefficient (Wildman–Crippen LogP) is 12.1. The first-order chi connectivity index (χ1) is 25.4. The van der Waals surface area contributed by atoms with Crippen molar-refractivity contribution in [2.75, 3.05) is 47.1 Å². The molecule has 0 radical (unpaired) electrons. The lowest BCUT2D eigenvalue weighted by molar-refractivity contribution is -0.150. The van der Waals surface area contributed by atoms with Crippen molar-refractivity contribution in [1.29, 1.82) is 0 Å². The van der Waals surface area contributed by atoms with Crippen molar-refractivity contribution in [3.63, 3.8) is 0 Å². The third-order valence-electron chi connectivity index (χ3n) is 8.94. The standard InChI is InChI=1S/C43H79NO8/c1-5-7-9-11-15-21-27-36-48-42(46)50-38-29-23-17-13-19-25-32-40(52-41(45)34-31-35-44(3)4)33-26-20-14-18-24-30-39-51-43(47)49-37-28-22-16-12-10-8-6-2/h21-22,27-28,40H,5-20,23-26,29-39H2,1-4H3. The highest BCUT2D eigenvalue weighted by Gasteiger charge is 2.14. The number of carbonyl (C=O) groups is 3. The van der Waals surface area contributed by atoms with Crippen molar-refractivity contribution in [3.8, 4) is 0 Å². The molecule has 9 heteroatoms. The van der Waals surface area contributed by atoms with E-state index in [1.54, 1.807) is 0 Å². The minimum absolute atomic E-state index is 0.0162. The van der Waals surface area contributed by atoms with Gasteiger partial charge in [0.05, 0.1) is 13.2 Å². The van der Waals surface area contributed by atoms with Crippen LogP contribution in [0.5, 0.6) is 0 Å². The van der Waals surface area contributed by atoms with Gasteiger partial charge in [-0.1, -0.05) is 128 Å². The normalized spacial score (nSPS) is 12.1. The molecular formula is C43H79NO8. The van der Waals surface area contributed by atoms with Gasteiger partial charge in [-0.2, -0.15) is 0 Å². The second kappa shape index (κ2) is 39.7. The van der Waals surface area contributed by atoms with Crippen LogP contribution in [0, 0.1) is 0 Å². The maximum absolute atomic E-state index is 12.5. The van der Waals surface area contributed by atoms with E-state index in [9.17, 15) is 14.4 Å². The van der Waals surface area contributed by atoms with Crippen LogP contribution in [0.1, 0.15) is 181 Å². The van der Waals surface area contributed by atoms with Gasteiger partial charge in [-0.15, -0.1) is 0 Å². The first-order valence-corrected chi connectivity index (χ1v) is 21.1. The highest BCUT2D eigenvalue weighted by Crippen LogP contribution is 2.18. The van der Waals surface area contributed by atoms with E-state index >= 15 is 0 Å². The lowest BCUT2D eigenvalue weighted by atomic mass is 10.0. The molecule has 0 unspecified atom stereocenters. The number of allylic oxidation sites excluding steroid dienone is 2. The van der Waals surface area contributed by atoms with E-state index in [1.165, 1.54) is 51.4 Å². The summed E-state index contributed by atoms with van der Waals surface area (Å²) in [7, 11) is 4.03. The monoisotopic (exact) mass is 738 g/mol. The third-order valence-corrected chi connectivity index (χ3v) is 8.94. The number of hydrogen-bond donors (Lipinski definition) is 0. The Balaban J connectivity index is 4.02. The number of hydrogen-bond acceptors (Lipinski definition) is 9. The third kappa shape index (κ3) is 38.7. The van der Waals surface area contributed by atoms with Crippen LogP contribution >= 0.6 is 0 Å². The van der Waals surface area contributed by atoms with Crippen LogP contribution < -0.4 is 0 Å². The summed E-state index contributed by atoms with van der Waals surface area (Å²) in [6, 6.07) is 0. The fraction of sp³-hybridized carbons (Fsp3) is 0.837. The number of carbonyl (C=O) groups excluding carboxylic acids is 3. The van der Waals surface area contributed by atoms with E-state index in [-0.39, 0.29) is 25.3 Å². The maximum atomic E-state index is 12.5. The van der Waals surface area contributed by atoms with Crippen LogP contribution in [-0.4, -0.2) is 76.4 Å². The van der Waals surface area contributed by atoms with Gasteiger partial charge in [0.25, 0.3) is 0 Å². The molecule has 0 saturated carbocycles. The maximum Gasteiger partial charge on any atom is 0.508 e. The second-order valence-corrected chi connectivity index (χ2v) is 14.3. The molecule has 0 aliphatic rings. The SMILES string of the molecule is CCCCCCC=CCOC(=O)OCCCCCCCCC(CCCCCCCCOC(=O)OCC=CCCCCCC)OC(=O)CCCN(C)C. The Kier molecular flexibility index (Phi) is 37.7. The summed E-state index contributed by atoms with van der Waals surface area (Å²) in [6.07, 6.45) is 34.2. The molecule has 0 heterocycles. The van der Waals surface area contributed by atoms with E-state index in [0.29, 0.717) is 19.6 Å². The Hall–Kier alpha value is -2.55. The Morgan fingerprint density at radius 2 is 0.923 bits per heavy atom. The number of nitrogens with zero attached hydrogens (tertiary/aromatic N) is 1. The topological polar surface area (TPSA) is 101 Å². The van der Waals surface area contributed by atoms with Gasteiger partial charge in [-0.3, -0.25) is 4.79 Å². The van der Waals surface area contributed by atoms with E-state index in [1.807, 2.05) is 26.2 Å². The molecule has 0 saturated heterocycles. The predicted molar refractivity (Wildman–Crippen MR) is 213 cm³/mol. The zero-order valence-electron chi connectivity index (χ0n) is 34.0. The van der Waals surface area contributed by atoms with E-state index in [0.717, 1.165) is 116 Å². The summed E-state index contributed by atoms with van der Waals surface area (Å²) in [5.74, 6) is -0.0826. The van der Waals surface area contributed by atoms with Crippen molar-refractivity contribution in [3.05, 3.63) is 24.3 Å². The minimum Gasteiger partial charge on any atom is -0.462 e. The zero-order valence-corrected chi connectivity index (χ0v) is 34.0. The molecule has 0 atom stereocenters. The van der Waals surface area contributed by atoms with Crippen LogP contribution in [0.15, 0.2) is 24.3 Å². The molecule has 0 aliphatic carbocycles. The van der Waals surface area contributed by atoms with E-state index in [4.69, 9.17) is 23.7 Å². The molecule has 52 heavy (non-hydrogen) atoms. The number of esters is 1. The summed E-state index contributed by atoms with van der Waals surface area (Å²) in [6.45, 7) is 6.62. The molecule has 0 rings (SSSR count). The average molecular weight is 738 g/mol. The molecular weight excluding hydrogens is 658 g/mol. The zero-order chi connectivity index (χ0) is 38.2. The van der Waals surface area contributed by atoms with Gasteiger partial charge in [-0.05, 0) is 91.3 Å². The van der Waals surface area contributed by atoms with Crippen molar-refractivity contribution < 1.29 is 38.1 Å². The van der Waals surface area contributed by atoms with Crippen LogP contribution in [0.4, 0.5) is 9.59 Å². The smallest absolute Gasteiger partial charge is 0.462 e. The fourth-order valence-electron chi connectivity index (χ4n) is 5.79. The van der Waals surface area contributed by atoms with Crippen molar-refractivity contribution >= 4 is 18.3 Å². The minimum atomic E-state index is -0.589. The Morgan fingerprint density at radius 1 is 0.500 bits per heavy atom. The molecule has 0 aromatic heterocycles. The molecule has 0 amide bonds. The summed E-state index contributed by atoms with van der Waals surface area (Å²) in [5, 5.41) is 0. The second-order valence-electron chi connectivity index (χ2n) is 14.3. The Labute approximate surface area is 318 Å². The highest BCUT2D eigenvalue weighted by molar-refractivity contribution is 5.69.